The summed E-state index contributed by atoms with van der Waals surface area (Å²) in [6, 6.07) is 0. The number of hydrogen-bond acceptors (Lipinski definition) is 4. The van der Waals surface area contributed by atoms with Gasteiger partial charge in [-0.3, -0.25) is 4.79 Å². The van der Waals surface area contributed by atoms with E-state index in [1.165, 1.54) is 25.7 Å². The number of nitrogens with one attached hydrogen (secondary N) is 1. The molecule has 0 radical (unpaired) electrons. The molecule has 1 amide bonds. The van der Waals surface area contributed by atoms with Crippen molar-refractivity contribution < 1.29 is 14.3 Å². The highest BCUT2D eigenvalue weighted by molar-refractivity contribution is 5.80. The second-order valence-electron chi connectivity index (χ2n) is 5.48. The monoisotopic (exact) mass is 270 g/mol. The van der Waals surface area contributed by atoms with Gasteiger partial charge in [0.15, 0.2) is 0 Å². The lowest BCUT2D eigenvalue weighted by Crippen LogP contribution is -2.36. The molecule has 19 heavy (non-hydrogen) atoms. The summed E-state index contributed by atoms with van der Waals surface area (Å²) in [7, 11) is 0. The summed E-state index contributed by atoms with van der Waals surface area (Å²) in [4.78, 5) is 11.8. The third-order valence-electron chi connectivity index (χ3n) is 3.94. The summed E-state index contributed by atoms with van der Waals surface area (Å²) < 4.78 is 11.3. The number of ether oxygens (including phenoxy) is 2. The number of hydrogen-bond donors (Lipinski definition) is 2. The first kappa shape index (κ1) is 14.8. The van der Waals surface area contributed by atoms with Crippen LogP contribution in [0.5, 0.6) is 0 Å². The van der Waals surface area contributed by atoms with Gasteiger partial charge in [0.05, 0.1) is 12.2 Å². The van der Waals surface area contributed by atoms with Gasteiger partial charge >= 0.3 is 0 Å². The van der Waals surface area contributed by atoms with Crippen LogP contribution in [0.25, 0.3) is 0 Å². The molecule has 2 fully saturated rings. The van der Waals surface area contributed by atoms with Crippen LogP contribution in [0.1, 0.15) is 44.9 Å². The average molecular weight is 270 g/mol. The number of amides is 1. The van der Waals surface area contributed by atoms with E-state index >= 15 is 0 Å². The van der Waals surface area contributed by atoms with Gasteiger partial charge in [0.1, 0.15) is 6.10 Å². The van der Waals surface area contributed by atoms with E-state index in [1.807, 2.05) is 0 Å². The smallest absolute Gasteiger partial charge is 0.249 e. The molecule has 1 aliphatic carbocycles. The highest BCUT2D eigenvalue weighted by Crippen LogP contribution is 2.21. The molecule has 0 aromatic carbocycles. The number of carbonyl (C=O) groups excluding carboxylic acids is 1. The van der Waals surface area contributed by atoms with E-state index in [0.29, 0.717) is 19.2 Å². The first-order valence-electron chi connectivity index (χ1n) is 7.54. The van der Waals surface area contributed by atoms with Crippen LogP contribution in [0.2, 0.25) is 0 Å². The van der Waals surface area contributed by atoms with Crippen molar-refractivity contribution in [3.8, 4) is 0 Å². The molecule has 2 atom stereocenters. The van der Waals surface area contributed by atoms with Crippen LogP contribution >= 0.6 is 0 Å². The van der Waals surface area contributed by atoms with Gasteiger partial charge in [0.25, 0.3) is 0 Å². The van der Waals surface area contributed by atoms with Gasteiger partial charge in [-0.05, 0) is 32.1 Å². The lowest BCUT2D eigenvalue weighted by molar-refractivity contribution is -0.131. The topological polar surface area (TPSA) is 73.6 Å². The van der Waals surface area contributed by atoms with Gasteiger partial charge in [-0.25, -0.2) is 0 Å². The summed E-state index contributed by atoms with van der Waals surface area (Å²) in [5, 5.41) is 2.91. The zero-order valence-corrected chi connectivity index (χ0v) is 11.6. The molecule has 5 nitrogen and oxygen atoms in total. The van der Waals surface area contributed by atoms with E-state index < -0.39 is 0 Å². The lowest BCUT2D eigenvalue weighted by atomic mass is 10.2. The van der Waals surface area contributed by atoms with Gasteiger partial charge in [-0.1, -0.05) is 12.8 Å². The molecule has 1 saturated carbocycles. The maximum atomic E-state index is 11.8. The van der Waals surface area contributed by atoms with E-state index in [4.69, 9.17) is 15.2 Å². The van der Waals surface area contributed by atoms with Crippen molar-refractivity contribution in [1.29, 1.82) is 0 Å². The molecule has 0 aromatic rings. The van der Waals surface area contributed by atoms with Crippen molar-refractivity contribution in [1.82, 2.24) is 5.32 Å². The molecule has 1 aliphatic heterocycles. The molecule has 0 unspecified atom stereocenters. The van der Waals surface area contributed by atoms with Crippen LogP contribution < -0.4 is 11.1 Å². The summed E-state index contributed by atoms with van der Waals surface area (Å²) >= 11 is 0. The first-order chi connectivity index (χ1) is 9.29. The van der Waals surface area contributed by atoms with Crippen molar-refractivity contribution in [3.05, 3.63) is 0 Å². The lowest BCUT2D eigenvalue weighted by Gasteiger charge is -2.13. The predicted molar refractivity (Wildman–Crippen MR) is 72.8 cm³/mol. The SMILES string of the molecule is NC[C@H]1CC[C@@H](C(=O)NCCCOC2CCCC2)O1. The minimum atomic E-state index is -0.302. The Morgan fingerprint density at radius 2 is 2.05 bits per heavy atom. The minimum Gasteiger partial charge on any atom is -0.378 e. The van der Waals surface area contributed by atoms with Gasteiger partial charge < -0.3 is 20.5 Å². The van der Waals surface area contributed by atoms with Crippen molar-refractivity contribution in [2.45, 2.75) is 63.3 Å². The third kappa shape index (κ3) is 4.75. The van der Waals surface area contributed by atoms with Crippen LogP contribution in [-0.2, 0) is 14.3 Å². The molecule has 0 aromatic heterocycles. The Hall–Kier alpha value is -0.650. The fraction of sp³-hybridized carbons (Fsp3) is 0.929. The molecule has 0 spiro atoms. The molecule has 1 heterocycles. The van der Waals surface area contributed by atoms with Gasteiger partial charge in [0, 0.05) is 19.7 Å². The Labute approximate surface area is 115 Å². The first-order valence-corrected chi connectivity index (χ1v) is 7.54. The molecule has 5 heteroatoms. The summed E-state index contributed by atoms with van der Waals surface area (Å²) in [6.45, 7) is 1.90. The summed E-state index contributed by atoms with van der Waals surface area (Å²) in [5.74, 6) is -0.00295. The zero-order valence-electron chi connectivity index (χ0n) is 11.6. The van der Waals surface area contributed by atoms with E-state index in [2.05, 4.69) is 5.32 Å². The molecule has 0 bridgehead atoms. The normalized spacial score (nSPS) is 27.8. The fourth-order valence-electron chi connectivity index (χ4n) is 2.77. The molecular formula is C14H26N2O3. The van der Waals surface area contributed by atoms with Crippen LogP contribution in [0, 0.1) is 0 Å². The van der Waals surface area contributed by atoms with Crippen molar-refractivity contribution in [2.75, 3.05) is 19.7 Å². The Kier molecular flexibility index (Phi) is 6.07. The highest BCUT2D eigenvalue weighted by atomic mass is 16.5. The maximum Gasteiger partial charge on any atom is 0.249 e. The zero-order chi connectivity index (χ0) is 13.5. The summed E-state index contributed by atoms with van der Waals surface area (Å²) in [5.41, 5.74) is 5.52. The Balaban J connectivity index is 1.49. The quantitative estimate of drug-likeness (QED) is 0.676. The highest BCUT2D eigenvalue weighted by Gasteiger charge is 2.29. The minimum absolute atomic E-state index is 0.00295. The largest absolute Gasteiger partial charge is 0.378 e. The van der Waals surface area contributed by atoms with Gasteiger partial charge in [-0.2, -0.15) is 0 Å². The van der Waals surface area contributed by atoms with E-state index in [1.54, 1.807) is 0 Å². The van der Waals surface area contributed by atoms with Crippen molar-refractivity contribution in [2.24, 2.45) is 5.73 Å². The molecule has 110 valence electrons. The van der Waals surface area contributed by atoms with Gasteiger partial charge in [-0.15, -0.1) is 0 Å². The Morgan fingerprint density at radius 1 is 1.26 bits per heavy atom. The van der Waals surface area contributed by atoms with Crippen LogP contribution in [0.4, 0.5) is 0 Å². The predicted octanol–water partition coefficient (Wildman–Crippen LogP) is 0.958. The Bertz CT molecular complexity index is 280. The van der Waals surface area contributed by atoms with E-state index in [0.717, 1.165) is 25.9 Å². The molecule has 1 saturated heterocycles. The van der Waals surface area contributed by atoms with Crippen LogP contribution in [0.3, 0.4) is 0 Å². The Morgan fingerprint density at radius 3 is 2.74 bits per heavy atom. The second kappa shape index (κ2) is 7.82. The standard InChI is InChI=1S/C14H26N2O3/c15-10-12-6-7-13(19-12)14(17)16-8-3-9-18-11-4-1-2-5-11/h11-13H,1-10,15H2,(H,16,17)/t12-,13+/m1/s1. The number of nitrogens with two attached hydrogens (primary N) is 1. The van der Waals surface area contributed by atoms with E-state index in [9.17, 15) is 4.79 Å². The third-order valence-corrected chi connectivity index (χ3v) is 3.94. The van der Waals surface area contributed by atoms with E-state index in [-0.39, 0.29) is 18.1 Å². The molecular weight excluding hydrogens is 244 g/mol. The number of rotatable bonds is 7. The van der Waals surface area contributed by atoms with Crippen molar-refractivity contribution >= 4 is 5.91 Å². The molecule has 2 rings (SSSR count). The second-order valence-corrected chi connectivity index (χ2v) is 5.48. The molecule has 3 N–H and O–H groups in total. The van der Waals surface area contributed by atoms with Gasteiger partial charge in [0.2, 0.25) is 5.91 Å². The number of carbonyl (C=O) groups is 1. The fourth-order valence-corrected chi connectivity index (χ4v) is 2.77. The summed E-state index contributed by atoms with van der Waals surface area (Å²) in [6.07, 6.45) is 7.74. The maximum absolute atomic E-state index is 11.8. The average Bonchev–Trinajstić information content (AvgIpc) is 3.09. The molecule has 2 aliphatic rings. The van der Waals surface area contributed by atoms with Crippen LogP contribution in [-0.4, -0.2) is 43.9 Å². The van der Waals surface area contributed by atoms with Crippen LogP contribution in [0.15, 0.2) is 0 Å². The van der Waals surface area contributed by atoms with Crippen molar-refractivity contribution in [3.63, 3.8) is 0 Å².